The van der Waals surface area contributed by atoms with Crippen LogP contribution in [0.1, 0.15) is 24.9 Å². The van der Waals surface area contributed by atoms with E-state index in [1.165, 1.54) is 0 Å². The lowest BCUT2D eigenvalue weighted by molar-refractivity contribution is 0.539. The lowest BCUT2D eigenvalue weighted by atomic mass is 10.0. The standard InChI is InChI=1S/C11H14N4/c1-2-9(15-12)8-3-4-10-11(7-8)14-6-5-13-10/h3-7,9,15H,2,12H2,1H3. The predicted molar refractivity (Wildman–Crippen MR) is 59.9 cm³/mol. The van der Waals surface area contributed by atoms with Crippen molar-refractivity contribution < 1.29 is 0 Å². The van der Waals surface area contributed by atoms with Gasteiger partial charge in [0.1, 0.15) is 0 Å². The van der Waals surface area contributed by atoms with Crippen LogP contribution in [0.2, 0.25) is 0 Å². The van der Waals surface area contributed by atoms with Crippen LogP contribution in [0.5, 0.6) is 0 Å². The maximum absolute atomic E-state index is 5.47. The molecule has 0 amide bonds. The second-order valence-corrected chi connectivity index (χ2v) is 3.43. The fourth-order valence-electron chi connectivity index (χ4n) is 1.65. The summed E-state index contributed by atoms with van der Waals surface area (Å²) in [5, 5.41) is 0. The Bertz CT molecular complexity index is 451. The zero-order chi connectivity index (χ0) is 10.7. The van der Waals surface area contributed by atoms with Crippen molar-refractivity contribution in [3.8, 4) is 0 Å². The highest BCUT2D eigenvalue weighted by Gasteiger charge is 2.07. The average Bonchev–Trinajstić information content (AvgIpc) is 2.30. The summed E-state index contributed by atoms with van der Waals surface area (Å²) in [4.78, 5) is 8.48. The summed E-state index contributed by atoms with van der Waals surface area (Å²) < 4.78 is 0. The van der Waals surface area contributed by atoms with Crippen molar-refractivity contribution in [3.05, 3.63) is 36.2 Å². The maximum atomic E-state index is 5.47. The third kappa shape index (κ3) is 1.95. The van der Waals surface area contributed by atoms with E-state index in [1.807, 2.05) is 18.2 Å². The van der Waals surface area contributed by atoms with Crippen LogP contribution in [-0.2, 0) is 0 Å². The van der Waals surface area contributed by atoms with Crippen LogP contribution < -0.4 is 11.3 Å². The first-order valence-corrected chi connectivity index (χ1v) is 5.02. The molecule has 0 aliphatic heterocycles. The normalized spacial score (nSPS) is 12.9. The van der Waals surface area contributed by atoms with Gasteiger partial charge in [-0.15, -0.1) is 0 Å². The van der Waals surface area contributed by atoms with E-state index < -0.39 is 0 Å². The summed E-state index contributed by atoms with van der Waals surface area (Å²) in [6.07, 6.45) is 4.34. The van der Waals surface area contributed by atoms with Gasteiger partial charge in [-0.3, -0.25) is 21.2 Å². The molecule has 0 spiro atoms. The summed E-state index contributed by atoms with van der Waals surface area (Å²) >= 11 is 0. The van der Waals surface area contributed by atoms with Gasteiger partial charge in [-0.2, -0.15) is 0 Å². The number of hydrogen-bond donors (Lipinski definition) is 2. The van der Waals surface area contributed by atoms with Crippen molar-refractivity contribution in [1.29, 1.82) is 0 Å². The molecule has 1 aromatic heterocycles. The molecule has 2 rings (SSSR count). The highest BCUT2D eigenvalue weighted by Crippen LogP contribution is 2.19. The largest absolute Gasteiger partial charge is 0.271 e. The Balaban J connectivity index is 2.46. The molecule has 4 nitrogen and oxygen atoms in total. The number of hydrazine groups is 1. The highest BCUT2D eigenvalue weighted by atomic mass is 15.2. The van der Waals surface area contributed by atoms with Gasteiger partial charge in [0, 0.05) is 18.4 Å². The van der Waals surface area contributed by atoms with Crippen molar-refractivity contribution in [2.45, 2.75) is 19.4 Å². The summed E-state index contributed by atoms with van der Waals surface area (Å²) in [6.45, 7) is 2.09. The predicted octanol–water partition coefficient (Wildman–Crippen LogP) is 1.54. The molecule has 4 heteroatoms. The molecule has 0 saturated heterocycles. The Hall–Kier alpha value is -1.52. The van der Waals surface area contributed by atoms with E-state index in [4.69, 9.17) is 5.84 Å². The second-order valence-electron chi connectivity index (χ2n) is 3.43. The van der Waals surface area contributed by atoms with Gasteiger partial charge in [0.2, 0.25) is 0 Å². The highest BCUT2D eigenvalue weighted by molar-refractivity contribution is 5.74. The number of nitrogens with one attached hydrogen (secondary N) is 1. The number of rotatable bonds is 3. The first-order chi connectivity index (χ1) is 7.35. The molecule has 0 radical (unpaired) electrons. The number of benzene rings is 1. The quantitative estimate of drug-likeness (QED) is 0.585. The summed E-state index contributed by atoms with van der Waals surface area (Å²) in [7, 11) is 0. The Morgan fingerprint density at radius 3 is 2.67 bits per heavy atom. The summed E-state index contributed by atoms with van der Waals surface area (Å²) in [5.74, 6) is 5.47. The topological polar surface area (TPSA) is 63.8 Å². The van der Waals surface area contributed by atoms with Gasteiger partial charge < -0.3 is 0 Å². The third-order valence-corrected chi connectivity index (χ3v) is 2.51. The lowest BCUT2D eigenvalue weighted by Gasteiger charge is -2.13. The molecule has 78 valence electrons. The number of hydrogen-bond acceptors (Lipinski definition) is 4. The number of nitrogens with zero attached hydrogens (tertiary/aromatic N) is 2. The molecule has 0 aliphatic carbocycles. The first kappa shape index (κ1) is 10.0. The maximum Gasteiger partial charge on any atom is 0.0890 e. The Morgan fingerprint density at radius 2 is 2.00 bits per heavy atom. The molecule has 0 aliphatic rings. The van der Waals surface area contributed by atoms with Crippen molar-refractivity contribution in [2.75, 3.05) is 0 Å². The first-order valence-electron chi connectivity index (χ1n) is 5.02. The molecule has 2 aromatic rings. The van der Waals surface area contributed by atoms with Crippen LogP contribution in [0.25, 0.3) is 11.0 Å². The Kier molecular flexibility index (Phi) is 2.89. The molecular formula is C11H14N4. The minimum absolute atomic E-state index is 0.177. The Morgan fingerprint density at radius 1 is 1.27 bits per heavy atom. The van der Waals surface area contributed by atoms with E-state index in [0.29, 0.717) is 0 Å². The van der Waals surface area contributed by atoms with E-state index in [1.54, 1.807) is 12.4 Å². The van der Waals surface area contributed by atoms with E-state index in [0.717, 1.165) is 23.0 Å². The van der Waals surface area contributed by atoms with Crippen LogP contribution in [-0.4, -0.2) is 9.97 Å². The van der Waals surface area contributed by atoms with Gasteiger partial charge >= 0.3 is 0 Å². The van der Waals surface area contributed by atoms with Crippen molar-refractivity contribution in [2.24, 2.45) is 5.84 Å². The molecule has 0 saturated carbocycles. The molecule has 1 unspecified atom stereocenters. The van der Waals surface area contributed by atoms with E-state index >= 15 is 0 Å². The van der Waals surface area contributed by atoms with E-state index in [9.17, 15) is 0 Å². The molecule has 1 atom stereocenters. The summed E-state index contributed by atoms with van der Waals surface area (Å²) in [6, 6.07) is 6.20. The lowest BCUT2D eigenvalue weighted by Crippen LogP contribution is -2.27. The zero-order valence-electron chi connectivity index (χ0n) is 8.64. The van der Waals surface area contributed by atoms with Gasteiger partial charge in [0.05, 0.1) is 11.0 Å². The summed E-state index contributed by atoms with van der Waals surface area (Å²) in [5.41, 5.74) is 5.75. The molecule has 0 bridgehead atoms. The van der Waals surface area contributed by atoms with Crippen molar-refractivity contribution in [1.82, 2.24) is 15.4 Å². The number of nitrogens with two attached hydrogens (primary N) is 1. The minimum atomic E-state index is 0.177. The zero-order valence-corrected chi connectivity index (χ0v) is 8.64. The van der Waals surface area contributed by atoms with Crippen LogP contribution in [0.4, 0.5) is 0 Å². The van der Waals surface area contributed by atoms with Gasteiger partial charge in [-0.05, 0) is 24.1 Å². The molecule has 3 N–H and O–H groups in total. The average molecular weight is 202 g/mol. The van der Waals surface area contributed by atoms with Crippen molar-refractivity contribution >= 4 is 11.0 Å². The van der Waals surface area contributed by atoms with Gasteiger partial charge in [-0.1, -0.05) is 13.0 Å². The number of fused-ring (bicyclic) bond motifs is 1. The van der Waals surface area contributed by atoms with Crippen molar-refractivity contribution in [3.63, 3.8) is 0 Å². The number of aromatic nitrogens is 2. The van der Waals surface area contributed by atoms with Crippen LogP contribution in [0.15, 0.2) is 30.6 Å². The fraction of sp³-hybridized carbons (Fsp3) is 0.273. The van der Waals surface area contributed by atoms with E-state index in [2.05, 4.69) is 22.3 Å². The molecule has 0 fully saturated rings. The fourth-order valence-corrected chi connectivity index (χ4v) is 1.65. The van der Waals surface area contributed by atoms with Crippen LogP contribution in [0.3, 0.4) is 0 Å². The molecule has 1 heterocycles. The smallest absolute Gasteiger partial charge is 0.0890 e. The second kappa shape index (κ2) is 4.33. The van der Waals surface area contributed by atoms with Gasteiger partial charge in [0.25, 0.3) is 0 Å². The molecule has 15 heavy (non-hydrogen) atoms. The van der Waals surface area contributed by atoms with Crippen LogP contribution >= 0.6 is 0 Å². The van der Waals surface area contributed by atoms with Gasteiger partial charge in [-0.25, -0.2) is 0 Å². The molecule has 1 aromatic carbocycles. The third-order valence-electron chi connectivity index (χ3n) is 2.51. The Labute approximate surface area is 88.5 Å². The SMILES string of the molecule is CCC(NN)c1ccc2nccnc2c1. The van der Waals surface area contributed by atoms with E-state index in [-0.39, 0.29) is 6.04 Å². The van der Waals surface area contributed by atoms with Gasteiger partial charge in [0.15, 0.2) is 0 Å². The monoisotopic (exact) mass is 202 g/mol. The van der Waals surface area contributed by atoms with Crippen LogP contribution in [0, 0.1) is 0 Å². The minimum Gasteiger partial charge on any atom is -0.271 e. The molecular weight excluding hydrogens is 188 g/mol.